The van der Waals surface area contributed by atoms with E-state index in [0.29, 0.717) is 13.0 Å². The first kappa shape index (κ1) is 17.6. The molecule has 0 spiro atoms. The molecule has 0 radical (unpaired) electrons. The number of piperidine rings is 1. The molecule has 1 N–H and O–H groups in total. The molecule has 132 valence electrons. The van der Waals surface area contributed by atoms with Crippen molar-refractivity contribution in [3.05, 3.63) is 71.5 Å². The molecule has 2 atom stereocenters. The normalized spacial score (nSPS) is 18.8. The molecule has 1 aliphatic rings. The van der Waals surface area contributed by atoms with Crippen molar-refractivity contribution in [2.45, 2.75) is 25.2 Å². The molecular weight excluding hydrogens is 317 g/mol. The number of hydrogen-bond acceptors (Lipinski definition) is 2. The molecule has 1 heterocycles. The average molecular weight is 341 g/mol. The van der Waals surface area contributed by atoms with Crippen LogP contribution >= 0.6 is 0 Å². The van der Waals surface area contributed by atoms with Crippen molar-refractivity contribution < 1.29 is 14.3 Å². The molecule has 1 amide bonds. The topological polar surface area (TPSA) is 40.5 Å². The van der Waals surface area contributed by atoms with Gasteiger partial charge in [0.1, 0.15) is 5.82 Å². The molecule has 0 saturated carbocycles. The molecule has 25 heavy (non-hydrogen) atoms. The maximum Gasteiger partial charge on any atom is 0.230 e. The molecule has 1 aliphatic heterocycles. The van der Waals surface area contributed by atoms with Crippen LogP contribution in [0, 0.1) is 11.7 Å². The van der Waals surface area contributed by atoms with Gasteiger partial charge in [0.15, 0.2) is 0 Å². The smallest absolute Gasteiger partial charge is 0.230 e. The van der Waals surface area contributed by atoms with Gasteiger partial charge in [-0.1, -0.05) is 42.5 Å². The summed E-state index contributed by atoms with van der Waals surface area (Å²) in [4.78, 5) is 15.1. The van der Waals surface area contributed by atoms with E-state index >= 15 is 0 Å². The Morgan fingerprint density at radius 3 is 2.56 bits per heavy atom. The summed E-state index contributed by atoms with van der Waals surface area (Å²) < 4.78 is 13.3. The Bertz CT molecular complexity index is 687. The molecule has 4 heteroatoms. The Balaban J connectivity index is 1.84. The second kappa shape index (κ2) is 8.26. The fraction of sp³-hybridized carbons (Fsp3) is 0.381. The van der Waals surface area contributed by atoms with Crippen molar-refractivity contribution in [1.29, 1.82) is 0 Å². The zero-order valence-corrected chi connectivity index (χ0v) is 14.3. The first-order valence-electron chi connectivity index (χ1n) is 8.86. The molecule has 1 saturated heterocycles. The SMILES string of the molecule is O=C(C(Cc1ccccc1)c1ccc(F)cc1)N1CCCC(CO)C1. The van der Waals surface area contributed by atoms with Crippen molar-refractivity contribution in [1.82, 2.24) is 4.90 Å². The lowest BCUT2D eigenvalue weighted by Crippen LogP contribution is -2.43. The molecule has 0 bridgehead atoms. The Morgan fingerprint density at radius 2 is 1.88 bits per heavy atom. The Labute approximate surface area is 148 Å². The van der Waals surface area contributed by atoms with Crippen molar-refractivity contribution in [3.63, 3.8) is 0 Å². The van der Waals surface area contributed by atoms with Gasteiger partial charge in [-0.25, -0.2) is 4.39 Å². The minimum absolute atomic E-state index is 0.0635. The number of carbonyl (C=O) groups is 1. The lowest BCUT2D eigenvalue weighted by atomic mass is 9.89. The highest BCUT2D eigenvalue weighted by atomic mass is 19.1. The largest absolute Gasteiger partial charge is 0.396 e. The average Bonchev–Trinajstić information content (AvgIpc) is 2.67. The van der Waals surface area contributed by atoms with Gasteiger partial charge in [-0.2, -0.15) is 0 Å². The van der Waals surface area contributed by atoms with Crippen LogP contribution in [0.1, 0.15) is 29.9 Å². The number of benzene rings is 2. The second-order valence-corrected chi connectivity index (χ2v) is 6.77. The van der Waals surface area contributed by atoms with Crippen molar-refractivity contribution in [2.24, 2.45) is 5.92 Å². The van der Waals surface area contributed by atoms with Crippen LogP contribution in [0.25, 0.3) is 0 Å². The van der Waals surface area contributed by atoms with Crippen LogP contribution in [0.15, 0.2) is 54.6 Å². The highest BCUT2D eigenvalue weighted by Gasteiger charge is 2.29. The fourth-order valence-electron chi connectivity index (χ4n) is 3.53. The molecule has 2 unspecified atom stereocenters. The number of hydrogen-bond donors (Lipinski definition) is 1. The summed E-state index contributed by atoms with van der Waals surface area (Å²) in [7, 11) is 0. The maximum absolute atomic E-state index is 13.3. The molecule has 1 fully saturated rings. The van der Waals surface area contributed by atoms with Gasteiger partial charge in [0.2, 0.25) is 5.91 Å². The van der Waals surface area contributed by atoms with Gasteiger partial charge in [0, 0.05) is 19.7 Å². The van der Waals surface area contributed by atoms with E-state index in [-0.39, 0.29) is 30.2 Å². The quantitative estimate of drug-likeness (QED) is 0.906. The first-order valence-corrected chi connectivity index (χ1v) is 8.86. The minimum Gasteiger partial charge on any atom is -0.396 e. The Hall–Kier alpha value is -2.20. The lowest BCUT2D eigenvalue weighted by molar-refractivity contribution is -0.135. The molecule has 3 nitrogen and oxygen atoms in total. The zero-order valence-electron chi connectivity index (χ0n) is 14.3. The van der Waals surface area contributed by atoms with Crippen LogP contribution in [-0.4, -0.2) is 35.6 Å². The van der Waals surface area contributed by atoms with E-state index < -0.39 is 0 Å². The predicted octanol–water partition coefficient (Wildman–Crippen LogP) is 3.38. The van der Waals surface area contributed by atoms with Gasteiger partial charge in [0.25, 0.3) is 0 Å². The van der Waals surface area contributed by atoms with E-state index in [9.17, 15) is 14.3 Å². The summed E-state index contributed by atoms with van der Waals surface area (Å²) in [5.41, 5.74) is 1.92. The summed E-state index contributed by atoms with van der Waals surface area (Å²) in [6.45, 7) is 1.44. The minimum atomic E-state index is -0.333. The monoisotopic (exact) mass is 341 g/mol. The van der Waals surface area contributed by atoms with Gasteiger partial charge >= 0.3 is 0 Å². The van der Waals surface area contributed by atoms with Crippen LogP contribution in [0.4, 0.5) is 4.39 Å². The van der Waals surface area contributed by atoms with Crippen LogP contribution in [0.3, 0.4) is 0 Å². The number of nitrogens with zero attached hydrogens (tertiary/aromatic N) is 1. The van der Waals surface area contributed by atoms with E-state index in [0.717, 1.165) is 30.5 Å². The number of carbonyl (C=O) groups excluding carboxylic acids is 1. The summed E-state index contributed by atoms with van der Waals surface area (Å²) in [6.07, 6.45) is 2.46. The van der Waals surface area contributed by atoms with E-state index in [1.165, 1.54) is 12.1 Å². The summed E-state index contributed by atoms with van der Waals surface area (Å²) in [6, 6.07) is 16.1. The van der Waals surface area contributed by atoms with Gasteiger partial charge in [0.05, 0.1) is 5.92 Å². The third-order valence-electron chi connectivity index (χ3n) is 4.94. The Morgan fingerprint density at radius 1 is 1.16 bits per heavy atom. The van der Waals surface area contributed by atoms with Gasteiger partial charge < -0.3 is 10.0 Å². The highest BCUT2D eigenvalue weighted by molar-refractivity contribution is 5.84. The highest BCUT2D eigenvalue weighted by Crippen LogP contribution is 2.26. The predicted molar refractivity (Wildman–Crippen MR) is 95.7 cm³/mol. The van der Waals surface area contributed by atoms with Gasteiger partial charge in [-0.05, 0) is 48.4 Å². The van der Waals surface area contributed by atoms with E-state index in [1.54, 1.807) is 12.1 Å². The number of rotatable bonds is 5. The van der Waals surface area contributed by atoms with Crippen LogP contribution in [0.2, 0.25) is 0 Å². The number of likely N-dealkylation sites (tertiary alicyclic amines) is 1. The number of halogens is 1. The number of aliphatic hydroxyl groups is 1. The third-order valence-corrected chi connectivity index (χ3v) is 4.94. The third kappa shape index (κ3) is 4.45. The summed E-state index contributed by atoms with van der Waals surface area (Å²) in [5.74, 6) is -0.412. The second-order valence-electron chi connectivity index (χ2n) is 6.77. The van der Waals surface area contributed by atoms with Crippen LogP contribution < -0.4 is 0 Å². The molecule has 0 aromatic heterocycles. The van der Waals surface area contributed by atoms with E-state index in [1.807, 2.05) is 35.2 Å². The fourth-order valence-corrected chi connectivity index (χ4v) is 3.53. The van der Waals surface area contributed by atoms with Crippen molar-refractivity contribution in [3.8, 4) is 0 Å². The molecule has 2 aromatic carbocycles. The van der Waals surface area contributed by atoms with Crippen LogP contribution in [-0.2, 0) is 11.2 Å². The van der Waals surface area contributed by atoms with Crippen molar-refractivity contribution in [2.75, 3.05) is 19.7 Å². The van der Waals surface area contributed by atoms with Gasteiger partial charge in [-0.3, -0.25) is 4.79 Å². The first-order chi connectivity index (χ1) is 12.2. The maximum atomic E-state index is 13.3. The van der Waals surface area contributed by atoms with Crippen LogP contribution in [0.5, 0.6) is 0 Å². The molecule has 3 rings (SSSR count). The van der Waals surface area contributed by atoms with E-state index in [4.69, 9.17) is 0 Å². The standard InChI is InChI=1S/C21H24FNO2/c22-19-10-8-18(9-11-19)20(13-16-5-2-1-3-6-16)21(25)23-12-4-7-17(14-23)15-24/h1-3,5-6,8-11,17,20,24H,4,7,12-15H2. The van der Waals surface area contributed by atoms with Crippen molar-refractivity contribution >= 4 is 5.91 Å². The molecule has 2 aromatic rings. The Kier molecular flexibility index (Phi) is 5.82. The lowest BCUT2D eigenvalue weighted by Gasteiger charge is -2.34. The van der Waals surface area contributed by atoms with Gasteiger partial charge in [-0.15, -0.1) is 0 Å². The van der Waals surface area contributed by atoms with E-state index in [2.05, 4.69) is 0 Å². The number of aliphatic hydroxyl groups excluding tert-OH is 1. The molecule has 0 aliphatic carbocycles. The summed E-state index contributed by atoms with van der Waals surface area (Å²) >= 11 is 0. The molecular formula is C21H24FNO2. The summed E-state index contributed by atoms with van der Waals surface area (Å²) in [5, 5.41) is 9.43. The number of amides is 1. The zero-order chi connectivity index (χ0) is 17.6.